The number of nitrogens with zero attached hydrogens (tertiary/aromatic N) is 3. The highest BCUT2D eigenvalue weighted by Gasteiger charge is 2.14. The number of rotatable bonds is 3. The summed E-state index contributed by atoms with van der Waals surface area (Å²) in [6.45, 7) is 1.65. The maximum atomic E-state index is 11.0. The molecule has 20 heavy (non-hydrogen) atoms. The van der Waals surface area contributed by atoms with Crippen molar-refractivity contribution in [2.24, 2.45) is 0 Å². The van der Waals surface area contributed by atoms with Crippen LogP contribution in [0.25, 0.3) is 0 Å². The van der Waals surface area contributed by atoms with Crippen LogP contribution in [-0.4, -0.2) is 27.9 Å². The van der Waals surface area contributed by atoms with Gasteiger partial charge in [-0.25, -0.2) is 4.98 Å². The highest BCUT2D eigenvalue weighted by Crippen LogP contribution is 2.23. The monoisotopic (exact) mass is 315 g/mol. The first kappa shape index (κ1) is 14.4. The fourth-order valence-electron chi connectivity index (χ4n) is 1.50. The summed E-state index contributed by atoms with van der Waals surface area (Å²) < 4.78 is 31.0. The quantitative estimate of drug-likeness (QED) is 0.572. The average molecular weight is 316 g/mol. The molecule has 0 saturated heterocycles. The van der Waals surface area contributed by atoms with Gasteiger partial charge in [0, 0.05) is 5.69 Å². The Hall–Kier alpha value is -1.97. The molecular weight excluding hydrogens is 306 g/mol. The molecule has 10 heteroatoms. The van der Waals surface area contributed by atoms with Crippen LogP contribution in [0, 0.1) is 6.92 Å². The summed E-state index contributed by atoms with van der Waals surface area (Å²) in [4.78, 5) is 11.3. The van der Waals surface area contributed by atoms with Gasteiger partial charge in [0.1, 0.15) is 10.7 Å². The third kappa shape index (κ3) is 3.32. The van der Waals surface area contributed by atoms with Gasteiger partial charge in [-0.15, -0.1) is 0 Å². The molecule has 2 rings (SSSR count). The van der Waals surface area contributed by atoms with Crippen LogP contribution in [0.4, 0.5) is 17.3 Å². The molecule has 0 saturated carbocycles. The summed E-state index contributed by atoms with van der Waals surface area (Å²) in [5.41, 5.74) is 5.90. The van der Waals surface area contributed by atoms with Gasteiger partial charge in [-0.2, -0.15) is 18.4 Å². The van der Waals surface area contributed by atoms with Crippen LogP contribution in [0.5, 0.6) is 0 Å². The molecule has 0 spiro atoms. The van der Waals surface area contributed by atoms with Gasteiger partial charge in [-0.3, -0.25) is 4.55 Å². The van der Waals surface area contributed by atoms with Crippen LogP contribution in [0.3, 0.4) is 0 Å². The fourth-order valence-corrected chi connectivity index (χ4v) is 2.29. The maximum Gasteiger partial charge on any atom is 0.296 e. The molecule has 0 radical (unpaired) electrons. The molecule has 0 amide bonds. The molecule has 8 nitrogen and oxygen atoms in total. The maximum absolute atomic E-state index is 11.0. The Kier molecular flexibility index (Phi) is 3.75. The minimum absolute atomic E-state index is 0.0301. The summed E-state index contributed by atoms with van der Waals surface area (Å²) in [6.07, 6.45) is 0. The molecule has 4 N–H and O–H groups in total. The van der Waals surface area contributed by atoms with Crippen LogP contribution in [0.1, 0.15) is 5.82 Å². The van der Waals surface area contributed by atoms with Crippen LogP contribution < -0.4 is 11.1 Å². The summed E-state index contributed by atoms with van der Waals surface area (Å²) in [5, 5.41) is 2.83. The van der Waals surface area contributed by atoms with Crippen molar-refractivity contribution in [3.8, 4) is 0 Å². The normalized spacial score (nSPS) is 11.3. The molecule has 0 aliphatic heterocycles. The summed E-state index contributed by atoms with van der Waals surface area (Å²) in [6, 6.07) is 3.91. The van der Waals surface area contributed by atoms with Crippen molar-refractivity contribution >= 4 is 39.0 Å². The number of hydrogen-bond acceptors (Lipinski definition) is 7. The number of nitrogens with one attached hydrogen (secondary N) is 1. The molecule has 0 atom stereocenters. The third-order valence-corrected chi connectivity index (χ3v) is 3.36. The van der Waals surface area contributed by atoms with Crippen LogP contribution in [-0.2, 0) is 10.1 Å². The second kappa shape index (κ2) is 5.19. The van der Waals surface area contributed by atoms with Gasteiger partial charge in [-0.1, -0.05) is 0 Å². The lowest BCUT2D eigenvalue weighted by atomic mass is 10.3. The van der Waals surface area contributed by atoms with Gasteiger partial charge in [0.15, 0.2) is 0 Å². The molecule has 2 aromatic rings. The lowest BCUT2D eigenvalue weighted by molar-refractivity contribution is 0.483. The van der Waals surface area contributed by atoms with Gasteiger partial charge in [0.2, 0.25) is 11.2 Å². The highest BCUT2D eigenvalue weighted by atomic mass is 35.5. The lowest BCUT2D eigenvalue weighted by Gasteiger charge is -2.08. The number of anilines is 3. The molecule has 0 bridgehead atoms. The largest absolute Gasteiger partial charge is 0.398 e. The Bertz CT molecular complexity index is 745. The molecule has 0 aliphatic rings. The summed E-state index contributed by atoms with van der Waals surface area (Å²) in [7, 11) is -4.35. The first-order valence-electron chi connectivity index (χ1n) is 5.28. The van der Waals surface area contributed by atoms with E-state index in [1.54, 1.807) is 6.92 Å². The van der Waals surface area contributed by atoms with E-state index in [4.69, 9.17) is 21.9 Å². The first-order valence-corrected chi connectivity index (χ1v) is 7.10. The van der Waals surface area contributed by atoms with Gasteiger partial charge in [0.25, 0.3) is 10.1 Å². The van der Waals surface area contributed by atoms with Crippen molar-refractivity contribution in [2.75, 3.05) is 11.1 Å². The van der Waals surface area contributed by atoms with Gasteiger partial charge in [0.05, 0.1) is 5.69 Å². The first-order chi connectivity index (χ1) is 9.25. The minimum atomic E-state index is -4.35. The standard InChI is InChI=1S/C10H10ClN5O3S/c1-5-13-9(11)16-10(14-5)15-6-2-3-8(7(12)4-6)20(17,18)19/h2-4H,12H2,1H3,(H,17,18,19)(H,13,14,15,16). The Morgan fingerprint density at radius 1 is 1.30 bits per heavy atom. The van der Waals surface area contributed by atoms with Crippen LogP contribution in [0.15, 0.2) is 23.1 Å². The van der Waals surface area contributed by atoms with E-state index in [1.165, 1.54) is 18.2 Å². The molecule has 106 valence electrons. The zero-order valence-electron chi connectivity index (χ0n) is 10.2. The van der Waals surface area contributed by atoms with Crippen molar-refractivity contribution < 1.29 is 13.0 Å². The lowest BCUT2D eigenvalue weighted by Crippen LogP contribution is -2.05. The Morgan fingerprint density at radius 2 is 2.00 bits per heavy atom. The summed E-state index contributed by atoms with van der Waals surface area (Å²) in [5.74, 6) is 0.622. The number of benzene rings is 1. The van der Waals surface area contributed by atoms with E-state index in [9.17, 15) is 8.42 Å². The fraction of sp³-hybridized carbons (Fsp3) is 0.100. The van der Waals surface area contributed by atoms with E-state index < -0.39 is 10.1 Å². The van der Waals surface area contributed by atoms with Crippen molar-refractivity contribution in [2.45, 2.75) is 11.8 Å². The van der Waals surface area contributed by atoms with Gasteiger partial charge >= 0.3 is 0 Å². The topological polar surface area (TPSA) is 131 Å². The smallest absolute Gasteiger partial charge is 0.296 e. The average Bonchev–Trinajstić information content (AvgIpc) is 2.25. The number of hydrogen-bond donors (Lipinski definition) is 3. The van der Waals surface area contributed by atoms with Crippen LogP contribution >= 0.6 is 11.6 Å². The van der Waals surface area contributed by atoms with Crippen molar-refractivity contribution in [3.63, 3.8) is 0 Å². The van der Waals surface area contributed by atoms with E-state index >= 15 is 0 Å². The number of aryl methyl sites for hydroxylation is 1. The van der Waals surface area contributed by atoms with Gasteiger partial charge in [-0.05, 0) is 36.7 Å². The SMILES string of the molecule is Cc1nc(Cl)nc(Nc2ccc(S(=O)(=O)O)c(N)c2)n1. The van der Waals surface area contributed by atoms with E-state index in [-0.39, 0.29) is 21.8 Å². The zero-order valence-corrected chi connectivity index (χ0v) is 11.8. The second-order valence-corrected chi connectivity index (χ2v) is 5.56. The van der Waals surface area contributed by atoms with Gasteiger partial charge < -0.3 is 11.1 Å². The molecule has 1 heterocycles. The highest BCUT2D eigenvalue weighted by molar-refractivity contribution is 7.86. The van der Waals surface area contributed by atoms with E-state index in [0.29, 0.717) is 11.5 Å². The van der Waals surface area contributed by atoms with E-state index in [2.05, 4.69) is 20.3 Å². The predicted molar refractivity (Wildman–Crippen MR) is 73.5 cm³/mol. The number of nitrogen functional groups attached to an aromatic ring is 1. The predicted octanol–water partition coefficient (Wildman–Crippen LogP) is 1.41. The number of nitrogens with two attached hydrogens (primary N) is 1. The second-order valence-electron chi connectivity index (χ2n) is 3.83. The molecule has 0 aliphatic carbocycles. The minimum Gasteiger partial charge on any atom is -0.398 e. The molecule has 0 fully saturated rings. The molecular formula is C10H10ClN5O3S. The zero-order chi connectivity index (χ0) is 14.9. The Balaban J connectivity index is 2.33. The Labute approximate surface area is 119 Å². The molecule has 0 unspecified atom stereocenters. The van der Waals surface area contributed by atoms with Crippen molar-refractivity contribution in [1.82, 2.24) is 15.0 Å². The number of halogens is 1. The third-order valence-electron chi connectivity index (χ3n) is 2.26. The van der Waals surface area contributed by atoms with Crippen molar-refractivity contribution in [3.05, 3.63) is 29.3 Å². The Morgan fingerprint density at radius 3 is 2.55 bits per heavy atom. The summed E-state index contributed by atoms with van der Waals surface area (Å²) >= 11 is 5.69. The van der Waals surface area contributed by atoms with Crippen molar-refractivity contribution in [1.29, 1.82) is 0 Å². The van der Waals surface area contributed by atoms with E-state index in [0.717, 1.165) is 0 Å². The van der Waals surface area contributed by atoms with E-state index in [1.807, 2.05) is 0 Å². The van der Waals surface area contributed by atoms with Crippen LogP contribution in [0.2, 0.25) is 5.28 Å². The number of aromatic nitrogens is 3. The molecule has 1 aromatic heterocycles. The molecule has 1 aromatic carbocycles.